The van der Waals surface area contributed by atoms with E-state index in [2.05, 4.69) is 5.32 Å². The number of aliphatic hydroxyl groups is 1. The zero-order valence-electron chi connectivity index (χ0n) is 13.1. The summed E-state index contributed by atoms with van der Waals surface area (Å²) in [5.41, 5.74) is 1.93. The second-order valence-corrected chi connectivity index (χ2v) is 6.51. The van der Waals surface area contributed by atoms with Gasteiger partial charge in [0.2, 0.25) is 6.33 Å². The average molecular weight is 290 g/mol. The van der Waals surface area contributed by atoms with Crippen molar-refractivity contribution in [2.24, 2.45) is 12.5 Å². The number of imidazole rings is 1. The second kappa shape index (κ2) is 5.85. The van der Waals surface area contributed by atoms with Crippen LogP contribution in [0.25, 0.3) is 11.0 Å². The van der Waals surface area contributed by atoms with Gasteiger partial charge in [-0.2, -0.15) is 0 Å². The number of para-hydroxylation sites is 2. The van der Waals surface area contributed by atoms with E-state index >= 15 is 0 Å². The van der Waals surface area contributed by atoms with Gasteiger partial charge in [0.25, 0.3) is 5.91 Å². The van der Waals surface area contributed by atoms with E-state index in [1.807, 2.05) is 67.5 Å². The summed E-state index contributed by atoms with van der Waals surface area (Å²) < 4.78 is 3.91. The van der Waals surface area contributed by atoms with Crippen LogP contribution in [0, 0.1) is 5.41 Å². The van der Waals surface area contributed by atoms with E-state index in [-0.39, 0.29) is 30.5 Å². The Labute approximate surface area is 125 Å². The van der Waals surface area contributed by atoms with Gasteiger partial charge in [0.1, 0.15) is 0 Å². The first-order valence-electron chi connectivity index (χ1n) is 7.16. The molecule has 0 saturated carbocycles. The van der Waals surface area contributed by atoms with Crippen molar-refractivity contribution in [2.45, 2.75) is 33.4 Å². The molecule has 1 atom stereocenters. The molecule has 0 spiro atoms. The van der Waals surface area contributed by atoms with Crippen LogP contribution >= 0.6 is 0 Å². The van der Waals surface area contributed by atoms with Crippen molar-refractivity contribution in [1.82, 2.24) is 9.88 Å². The molecular formula is C16H24N3O2+. The number of benzene rings is 1. The summed E-state index contributed by atoms with van der Waals surface area (Å²) in [6, 6.07) is 7.71. The van der Waals surface area contributed by atoms with Gasteiger partial charge in [0.15, 0.2) is 17.6 Å². The van der Waals surface area contributed by atoms with Crippen LogP contribution < -0.4 is 9.88 Å². The minimum Gasteiger partial charge on any atom is -0.394 e. The third kappa shape index (κ3) is 3.42. The van der Waals surface area contributed by atoms with Gasteiger partial charge >= 0.3 is 0 Å². The van der Waals surface area contributed by atoms with Crippen LogP contribution in [0.4, 0.5) is 0 Å². The van der Waals surface area contributed by atoms with Crippen LogP contribution in [-0.2, 0) is 18.4 Å². The van der Waals surface area contributed by atoms with Crippen molar-refractivity contribution < 1.29 is 14.5 Å². The number of aryl methyl sites for hydroxylation is 1. The molecule has 1 aromatic carbocycles. The average Bonchev–Trinajstić information content (AvgIpc) is 2.72. The molecule has 5 nitrogen and oxygen atoms in total. The molecule has 21 heavy (non-hydrogen) atoms. The number of carbonyl (C=O) groups is 1. The smallest absolute Gasteiger partial charge is 0.262 e. The maximum absolute atomic E-state index is 12.2. The van der Waals surface area contributed by atoms with Crippen LogP contribution in [0.15, 0.2) is 30.6 Å². The Bertz CT molecular complexity index is 640. The molecule has 0 bridgehead atoms. The highest BCUT2D eigenvalue weighted by atomic mass is 16.3. The van der Waals surface area contributed by atoms with E-state index in [0.717, 1.165) is 11.0 Å². The van der Waals surface area contributed by atoms with E-state index in [1.54, 1.807) is 0 Å². The Hall–Kier alpha value is -1.88. The predicted molar refractivity (Wildman–Crippen MR) is 81.6 cm³/mol. The number of carbonyl (C=O) groups excluding carboxylic acids is 1. The standard InChI is InChI=1S/C16H23N3O2/c1-16(2,3)14(10-20)17-15(21)9-19-11-18(4)12-7-5-6-8-13(12)19/h5-8,11,14,20H,9-10H2,1-4H3/p+1/t14-/m1/s1. The van der Waals surface area contributed by atoms with Crippen molar-refractivity contribution in [3.8, 4) is 0 Å². The first kappa shape index (κ1) is 15.5. The van der Waals surface area contributed by atoms with Crippen LogP contribution in [0.2, 0.25) is 0 Å². The molecule has 0 aliphatic rings. The summed E-state index contributed by atoms with van der Waals surface area (Å²) >= 11 is 0. The number of hydrogen-bond acceptors (Lipinski definition) is 2. The number of fused-ring (bicyclic) bond motifs is 1. The molecule has 0 radical (unpaired) electrons. The van der Waals surface area contributed by atoms with Gasteiger partial charge in [-0.25, -0.2) is 9.13 Å². The lowest BCUT2D eigenvalue weighted by Gasteiger charge is -2.29. The van der Waals surface area contributed by atoms with E-state index in [4.69, 9.17) is 0 Å². The predicted octanol–water partition coefficient (Wildman–Crippen LogP) is 0.989. The Balaban J connectivity index is 2.15. The molecule has 5 heteroatoms. The summed E-state index contributed by atoms with van der Waals surface area (Å²) in [7, 11) is 1.96. The zero-order valence-corrected chi connectivity index (χ0v) is 13.1. The van der Waals surface area contributed by atoms with Gasteiger partial charge in [0.05, 0.1) is 19.7 Å². The number of nitrogens with one attached hydrogen (secondary N) is 1. The molecule has 2 rings (SSSR count). The minimum absolute atomic E-state index is 0.0601. The largest absolute Gasteiger partial charge is 0.394 e. The number of aromatic nitrogens is 2. The summed E-state index contributed by atoms with van der Waals surface area (Å²) in [5.74, 6) is -0.0923. The first-order chi connectivity index (χ1) is 9.82. The number of amides is 1. The normalized spacial score (nSPS) is 13.4. The number of aliphatic hydroxyl groups excluding tert-OH is 1. The number of rotatable bonds is 4. The molecule has 0 aliphatic carbocycles. The molecule has 0 aliphatic heterocycles. The van der Waals surface area contributed by atoms with Crippen LogP contribution in [0.5, 0.6) is 0 Å². The lowest BCUT2D eigenvalue weighted by atomic mass is 9.87. The highest BCUT2D eigenvalue weighted by molar-refractivity contribution is 5.79. The molecule has 1 aromatic heterocycles. The van der Waals surface area contributed by atoms with Crippen LogP contribution in [0.1, 0.15) is 20.8 Å². The SMILES string of the molecule is C[n+]1cn(CC(=O)N[C@H](CO)C(C)(C)C)c2ccccc21. The Morgan fingerprint density at radius 2 is 2.05 bits per heavy atom. The monoisotopic (exact) mass is 290 g/mol. The quantitative estimate of drug-likeness (QED) is 0.825. The topological polar surface area (TPSA) is 58.1 Å². The molecular weight excluding hydrogens is 266 g/mol. The molecule has 1 heterocycles. The maximum atomic E-state index is 12.2. The van der Waals surface area contributed by atoms with Crippen molar-refractivity contribution >= 4 is 16.9 Å². The van der Waals surface area contributed by atoms with Gasteiger partial charge in [0, 0.05) is 0 Å². The first-order valence-corrected chi connectivity index (χ1v) is 7.16. The maximum Gasteiger partial charge on any atom is 0.262 e. The van der Waals surface area contributed by atoms with Crippen LogP contribution in [-0.4, -0.2) is 28.2 Å². The molecule has 0 fully saturated rings. The summed E-state index contributed by atoms with van der Waals surface area (Å²) in [5, 5.41) is 12.3. The summed E-state index contributed by atoms with van der Waals surface area (Å²) in [4.78, 5) is 12.2. The van der Waals surface area contributed by atoms with Crippen molar-refractivity contribution in [3.05, 3.63) is 30.6 Å². The van der Waals surface area contributed by atoms with Gasteiger partial charge in [-0.1, -0.05) is 32.9 Å². The molecule has 0 unspecified atom stereocenters. The van der Waals surface area contributed by atoms with Gasteiger partial charge in [-0.3, -0.25) is 4.79 Å². The van der Waals surface area contributed by atoms with Gasteiger partial charge < -0.3 is 10.4 Å². The zero-order chi connectivity index (χ0) is 15.6. The van der Waals surface area contributed by atoms with E-state index in [9.17, 15) is 9.90 Å². The van der Waals surface area contributed by atoms with Crippen LogP contribution in [0.3, 0.4) is 0 Å². The van der Waals surface area contributed by atoms with Crippen molar-refractivity contribution in [1.29, 1.82) is 0 Å². The molecule has 0 saturated heterocycles. The Kier molecular flexibility index (Phi) is 4.32. The second-order valence-electron chi connectivity index (χ2n) is 6.51. The fraction of sp³-hybridized carbons (Fsp3) is 0.500. The fourth-order valence-corrected chi connectivity index (χ4v) is 2.40. The minimum atomic E-state index is -0.249. The van der Waals surface area contributed by atoms with Gasteiger partial charge in [-0.15, -0.1) is 0 Å². The number of nitrogens with zero attached hydrogens (tertiary/aromatic N) is 2. The Morgan fingerprint density at radius 3 is 2.67 bits per heavy atom. The fourth-order valence-electron chi connectivity index (χ4n) is 2.40. The summed E-state index contributed by atoms with van der Waals surface area (Å²) in [6.45, 7) is 6.18. The van der Waals surface area contributed by atoms with Crippen molar-refractivity contribution in [2.75, 3.05) is 6.61 Å². The van der Waals surface area contributed by atoms with E-state index in [1.165, 1.54) is 0 Å². The Morgan fingerprint density at radius 1 is 1.38 bits per heavy atom. The third-order valence-corrected chi connectivity index (χ3v) is 3.76. The molecule has 1 amide bonds. The lowest BCUT2D eigenvalue weighted by molar-refractivity contribution is -0.645. The summed E-state index contributed by atoms with van der Waals surface area (Å²) in [6.07, 6.45) is 1.91. The number of hydrogen-bond donors (Lipinski definition) is 2. The highest BCUT2D eigenvalue weighted by Gasteiger charge is 2.26. The third-order valence-electron chi connectivity index (χ3n) is 3.76. The lowest BCUT2D eigenvalue weighted by Crippen LogP contribution is -2.47. The molecule has 2 N–H and O–H groups in total. The van der Waals surface area contributed by atoms with E-state index in [0.29, 0.717) is 0 Å². The molecule has 114 valence electrons. The van der Waals surface area contributed by atoms with Gasteiger partial charge in [-0.05, 0) is 17.5 Å². The van der Waals surface area contributed by atoms with Crippen molar-refractivity contribution in [3.63, 3.8) is 0 Å². The van der Waals surface area contributed by atoms with E-state index < -0.39 is 0 Å². The molecule has 2 aromatic rings. The highest BCUT2D eigenvalue weighted by Crippen LogP contribution is 2.18.